The number of anilines is 1. The van der Waals surface area contributed by atoms with E-state index < -0.39 is 46.2 Å². The molecule has 3 aromatic carbocycles. The first-order chi connectivity index (χ1) is 20.1. The van der Waals surface area contributed by atoms with Gasteiger partial charge in [-0.1, -0.05) is 60.0 Å². The summed E-state index contributed by atoms with van der Waals surface area (Å²) in [5.74, 6) is -1.38. The monoisotopic (exact) mass is 657 g/mol. The zero-order chi connectivity index (χ0) is 32.1. The summed E-state index contributed by atoms with van der Waals surface area (Å²) >= 11 is 12.7. The van der Waals surface area contributed by atoms with Crippen LogP contribution in [0.1, 0.15) is 43.9 Å². The van der Waals surface area contributed by atoms with Gasteiger partial charge in [0.25, 0.3) is 10.0 Å². The Kier molecular flexibility index (Phi) is 11.1. The number of halogens is 5. The predicted molar refractivity (Wildman–Crippen MR) is 162 cm³/mol. The average Bonchev–Trinajstić information content (AvgIpc) is 2.95. The fourth-order valence-electron chi connectivity index (χ4n) is 4.11. The summed E-state index contributed by atoms with van der Waals surface area (Å²) in [4.78, 5) is 28.0. The highest BCUT2D eigenvalue weighted by molar-refractivity contribution is 7.92. The Bertz CT molecular complexity index is 1550. The van der Waals surface area contributed by atoms with Gasteiger partial charge >= 0.3 is 6.18 Å². The van der Waals surface area contributed by atoms with E-state index in [9.17, 15) is 31.2 Å². The number of hydrogen-bond donors (Lipinski definition) is 1. The van der Waals surface area contributed by atoms with Gasteiger partial charge in [0.05, 0.1) is 16.1 Å². The number of alkyl halides is 3. The van der Waals surface area contributed by atoms with E-state index in [1.165, 1.54) is 37.3 Å². The molecule has 0 bridgehead atoms. The van der Waals surface area contributed by atoms with Gasteiger partial charge in [0.1, 0.15) is 12.6 Å². The molecule has 7 nitrogen and oxygen atoms in total. The third-order valence-corrected chi connectivity index (χ3v) is 9.40. The van der Waals surface area contributed by atoms with Crippen LogP contribution >= 0.6 is 23.2 Å². The molecule has 1 N–H and O–H groups in total. The molecule has 13 heteroatoms. The van der Waals surface area contributed by atoms with Crippen LogP contribution in [-0.4, -0.2) is 43.8 Å². The van der Waals surface area contributed by atoms with Gasteiger partial charge in [-0.3, -0.25) is 13.9 Å². The summed E-state index contributed by atoms with van der Waals surface area (Å²) in [5.41, 5.74) is -0.405. The van der Waals surface area contributed by atoms with Crippen molar-refractivity contribution < 1.29 is 31.2 Å². The molecule has 0 saturated carbocycles. The molecule has 0 fully saturated rings. The maximum absolute atomic E-state index is 14.0. The molecule has 0 aliphatic carbocycles. The summed E-state index contributed by atoms with van der Waals surface area (Å²) < 4.78 is 69.2. The van der Waals surface area contributed by atoms with Crippen LogP contribution < -0.4 is 9.62 Å². The van der Waals surface area contributed by atoms with Gasteiger partial charge < -0.3 is 10.2 Å². The third kappa shape index (κ3) is 8.43. The van der Waals surface area contributed by atoms with Crippen LogP contribution in [-0.2, 0) is 32.3 Å². The van der Waals surface area contributed by atoms with Crippen LogP contribution in [0.5, 0.6) is 0 Å². The van der Waals surface area contributed by atoms with Crippen molar-refractivity contribution in [2.75, 3.05) is 10.8 Å². The SMILES string of the molecule is CC[C@H](C)NC(=O)[C@@H](C)N(Cc1c(Cl)cccc1Cl)C(=O)CN(c1cccc(C(F)(F)F)c1)S(=O)(=O)c1ccc(C)cc1. The van der Waals surface area contributed by atoms with E-state index in [4.69, 9.17) is 23.2 Å². The topological polar surface area (TPSA) is 86.8 Å². The van der Waals surface area contributed by atoms with Crippen LogP contribution in [0.3, 0.4) is 0 Å². The van der Waals surface area contributed by atoms with E-state index >= 15 is 0 Å². The third-order valence-electron chi connectivity index (χ3n) is 6.91. The number of aryl methyl sites for hydroxylation is 1. The van der Waals surface area contributed by atoms with Crippen molar-refractivity contribution in [2.24, 2.45) is 0 Å². The van der Waals surface area contributed by atoms with Crippen LogP contribution in [0.15, 0.2) is 71.6 Å². The summed E-state index contributed by atoms with van der Waals surface area (Å²) in [6.45, 7) is 5.67. The number of nitrogens with one attached hydrogen (secondary N) is 1. The number of hydrogen-bond acceptors (Lipinski definition) is 4. The van der Waals surface area contributed by atoms with E-state index in [0.29, 0.717) is 22.4 Å². The van der Waals surface area contributed by atoms with Crippen molar-refractivity contribution in [1.82, 2.24) is 10.2 Å². The quantitative estimate of drug-likeness (QED) is 0.244. The Morgan fingerprint density at radius 2 is 1.53 bits per heavy atom. The van der Waals surface area contributed by atoms with Gasteiger partial charge in [0.15, 0.2) is 0 Å². The maximum atomic E-state index is 14.0. The predicted octanol–water partition coefficient (Wildman–Crippen LogP) is 6.85. The Morgan fingerprint density at radius 3 is 2.09 bits per heavy atom. The molecule has 0 unspecified atom stereocenters. The normalized spacial score (nSPS) is 13.2. The highest BCUT2D eigenvalue weighted by Crippen LogP contribution is 2.34. The molecule has 0 aliphatic heterocycles. The Balaban J connectivity index is 2.13. The molecule has 3 aromatic rings. The second-order valence-corrected chi connectivity index (χ2v) is 12.8. The minimum absolute atomic E-state index is 0.210. The van der Waals surface area contributed by atoms with Gasteiger partial charge in [-0.15, -0.1) is 0 Å². The molecule has 0 saturated heterocycles. The number of rotatable bonds is 11. The fraction of sp³-hybridized carbons (Fsp3) is 0.333. The molecule has 3 rings (SSSR count). The van der Waals surface area contributed by atoms with Gasteiger partial charge in [-0.25, -0.2) is 8.42 Å². The van der Waals surface area contributed by atoms with Crippen LogP contribution in [0, 0.1) is 6.92 Å². The summed E-state index contributed by atoms with van der Waals surface area (Å²) in [7, 11) is -4.55. The highest BCUT2D eigenvalue weighted by Gasteiger charge is 2.35. The molecule has 0 aliphatic rings. The number of benzene rings is 3. The summed E-state index contributed by atoms with van der Waals surface area (Å²) in [6, 6.07) is 12.7. The molecule has 2 amide bonds. The van der Waals surface area contributed by atoms with Crippen molar-refractivity contribution in [3.63, 3.8) is 0 Å². The molecular formula is C30H32Cl2F3N3O4S. The summed E-state index contributed by atoms with van der Waals surface area (Å²) in [5, 5.41) is 3.21. The molecule has 2 atom stereocenters. The lowest BCUT2D eigenvalue weighted by molar-refractivity contribution is -0.139. The Hall–Kier alpha value is -3.28. The molecular weight excluding hydrogens is 626 g/mol. The molecule has 0 heterocycles. The minimum Gasteiger partial charge on any atom is -0.352 e. The molecule has 232 valence electrons. The zero-order valence-corrected chi connectivity index (χ0v) is 26.3. The molecule has 0 spiro atoms. The standard InChI is InChI=1S/C30H32Cl2F3N3O4S/c1-5-20(3)36-29(40)21(4)37(17-25-26(31)10-7-11-27(25)32)28(39)18-38(23-9-6-8-22(16-23)30(33,34)35)43(41,42)24-14-12-19(2)13-15-24/h6-16,20-21H,5,17-18H2,1-4H3,(H,36,40)/t20-,21+/m0/s1. The van der Waals surface area contributed by atoms with E-state index in [2.05, 4.69) is 5.32 Å². The van der Waals surface area contributed by atoms with E-state index in [0.717, 1.165) is 22.6 Å². The molecule has 0 aromatic heterocycles. The first-order valence-corrected chi connectivity index (χ1v) is 15.5. The van der Waals surface area contributed by atoms with Crippen molar-refractivity contribution in [3.8, 4) is 0 Å². The van der Waals surface area contributed by atoms with E-state index in [-0.39, 0.29) is 33.2 Å². The highest BCUT2D eigenvalue weighted by atomic mass is 35.5. The van der Waals surface area contributed by atoms with Crippen LogP contribution in [0.2, 0.25) is 10.0 Å². The van der Waals surface area contributed by atoms with E-state index in [1.807, 2.05) is 6.92 Å². The van der Waals surface area contributed by atoms with Crippen molar-refractivity contribution in [3.05, 3.63) is 93.5 Å². The first kappa shape index (κ1) is 34.2. The second-order valence-electron chi connectivity index (χ2n) is 10.1. The Morgan fingerprint density at radius 1 is 0.953 bits per heavy atom. The van der Waals surface area contributed by atoms with E-state index in [1.54, 1.807) is 32.0 Å². The lowest BCUT2D eigenvalue weighted by Gasteiger charge is -2.33. The lowest BCUT2D eigenvalue weighted by atomic mass is 10.1. The lowest BCUT2D eigenvalue weighted by Crippen LogP contribution is -2.52. The molecule has 43 heavy (non-hydrogen) atoms. The van der Waals surface area contributed by atoms with Crippen LogP contribution in [0.4, 0.5) is 18.9 Å². The van der Waals surface area contributed by atoms with Crippen LogP contribution in [0.25, 0.3) is 0 Å². The number of carbonyl (C=O) groups excluding carboxylic acids is 2. The number of amides is 2. The smallest absolute Gasteiger partial charge is 0.352 e. The number of carbonyl (C=O) groups is 2. The van der Waals surface area contributed by atoms with Crippen molar-refractivity contribution in [1.29, 1.82) is 0 Å². The van der Waals surface area contributed by atoms with Gasteiger partial charge in [-0.2, -0.15) is 13.2 Å². The Labute approximate surface area is 259 Å². The number of nitrogens with zero attached hydrogens (tertiary/aromatic N) is 2. The molecule has 0 radical (unpaired) electrons. The first-order valence-electron chi connectivity index (χ1n) is 13.4. The van der Waals surface area contributed by atoms with Crippen molar-refractivity contribution in [2.45, 2.75) is 63.8 Å². The largest absolute Gasteiger partial charge is 0.416 e. The van der Waals surface area contributed by atoms with Gasteiger partial charge in [-0.05, 0) is 69.7 Å². The number of sulfonamides is 1. The fourth-order valence-corrected chi connectivity index (χ4v) is 6.03. The average molecular weight is 659 g/mol. The summed E-state index contributed by atoms with van der Waals surface area (Å²) in [6.07, 6.45) is -4.16. The maximum Gasteiger partial charge on any atom is 0.416 e. The van der Waals surface area contributed by atoms with Gasteiger partial charge in [0.2, 0.25) is 11.8 Å². The minimum atomic E-state index is -4.77. The second kappa shape index (κ2) is 14.0. The van der Waals surface area contributed by atoms with Gasteiger partial charge in [0, 0.05) is 28.2 Å². The zero-order valence-electron chi connectivity index (χ0n) is 24.0. The van der Waals surface area contributed by atoms with Crippen molar-refractivity contribution >= 4 is 50.7 Å².